The maximum atomic E-state index is 13.1. The Balaban J connectivity index is 1.43. The minimum absolute atomic E-state index is 0.0154. The van der Waals surface area contributed by atoms with Crippen molar-refractivity contribution in [3.05, 3.63) is 0 Å². The van der Waals surface area contributed by atoms with Gasteiger partial charge in [-0.25, -0.2) is 8.78 Å². The molecule has 0 aromatic heterocycles. The Kier molecular flexibility index (Phi) is 4.21. The second kappa shape index (κ2) is 5.82. The predicted octanol–water partition coefficient (Wildman–Crippen LogP) is 2.85. The van der Waals surface area contributed by atoms with E-state index in [1.54, 1.807) is 0 Å². The Hall–Kier alpha value is -0.710. The SMILES string of the molecule is O=C(NCCC1CCC(F)(F)CC1)[C@]12CCC[C@H]1NCC2. The predicted molar refractivity (Wildman–Crippen MR) is 77.2 cm³/mol. The lowest BCUT2D eigenvalue weighted by molar-refractivity contribution is -0.131. The third-order valence-corrected chi connectivity index (χ3v) is 5.87. The molecule has 0 unspecified atom stereocenters. The van der Waals surface area contributed by atoms with Crippen LogP contribution in [0.4, 0.5) is 8.78 Å². The molecule has 3 rings (SSSR count). The fraction of sp³-hybridized carbons (Fsp3) is 0.938. The van der Waals surface area contributed by atoms with Crippen LogP contribution in [-0.2, 0) is 4.79 Å². The molecule has 1 heterocycles. The van der Waals surface area contributed by atoms with Crippen LogP contribution >= 0.6 is 0 Å². The van der Waals surface area contributed by atoms with E-state index in [2.05, 4.69) is 10.6 Å². The number of alkyl halides is 2. The first-order valence-corrected chi connectivity index (χ1v) is 8.41. The van der Waals surface area contributed by atoms with Crippen LogP contribution in [0.5, 0.6) is 0 Å². The summed E-state index contributed by atoms with van der Waals surface area (Å²) in [5, 5.41) is 6.53. The standard InChI is InChI=1S/C16H26F2N2O/c17-16(18)7-3-12(4-8-16)5-10-20-14(21)15-6-1-2-13(15)19-11-9-15/h12-13,19H,1-11H2,(H,20,21)/t13-,15+/m1/s1. The Morgan fingerprint density at radius 2 is 1.90 bits per heavy atom. The van der Waals surface area contributed by atoms with Crippen molar-refractivity contribution in [3.8, 4) is 0 Å². The molecule has 0 spiro atoms. The average molecular weight is 300 g/mol. The Bertz CT molecular complexity index is 380. The second-order valence-electron chi connectivity index (χ2n) is 7.15. The number of nitrogens with one attached hydrogen (secondary N) is 2. The van der Waals surface area contributed by atoms with E-state index in [1.165, 1.54) is 0 Å². The largest absolute Gasteiger partial charge is 0.356 e. The zero-order valence-electron chi connectivity index (χ0n) is 12.6. The monoisotopic (exact) mass is 300 g/mol. The molecule has 3 nitrogen and oxygen atoms in total. The Labute approximate surface area is 125 Å². The Morgan fingerprint density at radius 1 is 1.14 bits per heavy atom. The number of fused-ring (bicyclic) bond motifs is 1. The van der Waals surface area contributed by atoms with Gasteiger partial charge < -0.3 is 10.6 Å². The van der Waals surface area contributed by atoms with E-state index in [9.17, 15) is 13.6 Å². The Morgan fingerprint density at radius 3 is 2.67 bits per heavy atom. The molecule has 3 aliphatic rings. The minimum atomic E-state index is -2.45. The summed E-state index contributed by atoms with van der Waals surface area (Å²) < 4.78 is 26.2. The van der Waals surface area contributed by atoms with Gasteiger partial charge in [0.05, 0.1) is 5.41 Å². The van der Waals surface area contributed by atoms with Gasteiger partial charge in [0, 0.05) is 25.4 Å². The first kappa shape index (κ1) is 15.2. The fourth-order valence-electron chi connectivity index (χ4n) is 4.48. The maximum absolute atomic E-state index is 13.1. The molecule has 120 valence electrons. The zero-order valence-corrected chi connectivity index (χ0v) is 12.6. The van der Waals surface area contributed by atoms with E-state index < -0.39 is 5.92 Å². The molecule has 2 aliphatic carbocycles. The van der Waals surface area contributed by atoms with Gasteiger partial charge in [-0.1, -0.05) is 6.42 Å². The number of hydrogen-bond donors (Lipinski definition) is 2. The van der Waals surface area contributed by atoms with Crippen LogP contribution in [0.15, 0.2) is 0 Å². The van der Waals surface area contributed by atoms with E-state index in [1.807, 2.05) is 0 Å². The number of hydrogen-bond acceptors (Lipinski definition) is 2. The van der Waals surface area contributed by atoms with Crippen molar-refractivity contribution in [2.45, 2.75) is 69.8 Å². The highest BCUT2D eigenvalue weighted by Gasteiger charge is 2.51. The van der Waals surface area contributed by atoms with Gasteiger partial charge in [-0.15, -0.1) is 0 Å². The number of carbonyl (C=O) groups is 1. The van der Waals surface area contributed by atoms with Gasteiger partial charge in [0.25, 0.3) is 0 Å². The molecule has 1 amide bonds. The van der Waals surface area contributed by atoms with Crippen molar-refractivity contribution in [2.75, 3.05) is 13.1 Å². The molecular formula is C16H26F2N2O. The van der Waals surface area contributed by atoms with Crippen molar-refractivity contribution >= 4 is 5.91 Å². The highest BCUT2D eigenvalue weighted by molar-refractivity contribution is 5.84. The molecule has 0 aromatic carbocycles. The van der Waals surface area contributed by atoms with Crippen LogP contribution in [0.25, 0.3) is 0 Å². The third kappa shape index (κ3) is 3.08. The highest BCUT2D eigenvalue weighted by atomic mass is 19.3. The van der Waals surface area contributed by atoms with Gasteiger partial charge in [0.2, 0.25) is 11.8 Å². The molecular weight excluding hydrogens is 274 g/mol. The van der Waals surface area contributed by atoms with Crippen LogP contribution < -0.4 is 10.6 Å². The van der Waals surface area contributed by atoms with Crippen molar-refractivity contribution in [1.82, 2.24) is 10.6 Å². The zero-order chi connectivity index (χ0) is 14.9. The van der Waals surface area contributed by atoms with E-state index >= 15 is 0 Å². The molecule has 21 heavy (non-hydrogen) atoms. The number of rotatable bonds is 4. The molecule has 0 radical (unpaired) electrons. The second-order valence-corrected chi connectivity index (χ2v) is 7.15. The van der Waals surface area contributed by atoms with Crippen molar-refractivity contribution in [2.24, 2.45) is 11.3 Å². The number of carbonyl (C=O) groups excluding carboxylic acids is 1. The first-order chi connectivity index (χ1) is 10.0. The highest BCUT2D eigenvalue weighted by Crippen LogP contribution is 2.44. The van der Waals surface area contributed by atoms with Crippen molar-refractivity contribution in [3.63, 3.8) is 0 Å². The molecule has 2 atom stereocenters. The molecule has 0 aromatic rings. The van der Waals surface area contributed by atoms with Gasteiger partial charge in [0.15, 0.2) is 0 Å². The van der Waals surface area contributed by atoms with Crippen LogP contribution in [-0.4, -0.2) is 31.0 Å². The molecule has 5 heteroatoms. The lowest BCUT2D eigenvalue weighted by atomic mass is 9.81. The molecule has 2 saturated carbocycles. The molecule has 1 saturated heterocycles. The summed E-state index contributed by atoms with van der Waals surface area (Å²) in [5.74, 6) is -1.91. The van der Waals surface area contributed by atoms with Gasteiger partial charge >= 0.3 is 0 Å². The smallest absolute Gasteiger partial charge is 0.248 e. The van der Waals surface area contributed by atoms with Crippen LogP contribution in [0.3, 0.4) is 0 Å². The van der Waals surface area contributed by atoms with Crippen LogP contribution in [0.1, 0.15) is 57.8 Å². The topological polar surface area (TPSA) is 41.1 Å². The van der Waals surface area contributed by atoms with Gasteiger partial charge in [-0.3, -0.25) is 4.79 Å². The van der Waals surface area contributed by atoms with Gasteiger partial charge in [-0.2, -0.15) is 0 Å². The van der Waals surface area contributed by atoms with Gasteiger partial charge in [-0.05, 0) is 51.0 Å². The average Bonchev–Trinajstić information content (AvgIpc) is 3.00. The molecule has 0 bridgehead atoms. The molecule has 1 aliphatic heterocycles. The summed E-state index contributed by atoms with van der Waals surface area (Å²) in [7, 11) is 0. The number of amides is 1. The summed E-state index contributed by atoms with van der Waals surface area (Å²) in [4.78, 5) is 12.5. The minimum Gasteiger partial charge on any atom is -0.356 e. The lowest BCUT2D eigenvalue weighted by Gasteiger charge is -2.30. The van der Waals surface area contributed by atoms with E-state index in [4.69, 9.17) is 0 Å². The normalized spacial score (nSPS) is 35.6. The molecule has 2 N–H and O–H groups in total. The van der Waals surface area contributed by atoms with E-state index in [0.29, 0.717) is 31.3 Å². The summed E-state index contributed by atoms with van der Waals surface area (Å²) in [6.07, 6.45) is 6.23. The summed E-state index contributed by atoms with van der Waals surface area (Å²) in [5.41, 5.74) is -0.181. The number of halogens is 2. The molecule has 3 fully saturated rings. The quantitative estimate of drug-likeness (QED) is 0.838. The van der Waals surface area contributed by atoms with E-state index in [-0.39, 0.29) is 24.2 Å². The first-order valence-electron chi connectivity index (χ1n) is 8.41. The summed E-state index contributed by atoms with van der Waals surface area (Å²) in [6, 6.07) is 0.353. The summed E-state index contributed by atoms with van der Waals surface area (Å²) in [6.45, 7) is 1.58. The summed E-state index contributed by atoms with van der Waals surface area (Å²) >= 11 is 0. The fourth-order valence-corrected chi connectivity index (χ4v) is 4.48. The van der Waals surface area contributed by atoms with Crippen molar-refractivity contribution < 1.29 is 13.6 Å². The van der Waals surface area contributed by atoms with Crippen LogP contribution in [0, 0.1) is 11.3 Å². The maximum Gasteiger partial charge on any atom is 0.248 e. The van der Waals surface area contributed by atoms with Crippen molar-refractivity contribution in [1.29, 1.82) is 0 Å². The van der Waals surface area contributed by atoms with E-state index in [0.717, 1.165) is 38.6 Å². The van der Waals surface area contributed by atoms with Crippen LogP contribution in [0.2, 0.25) is 0 Å². The lowest BCUT2D eigenvalue weighted by Crippen LogP contribution is -2.45. The third-order valence-electron chi connectivity index (χ3n) is 5.87. The van der Waals surface area contributed by atoms with Gasteiger partial charge in [0.1, 0.15) is 0 Å².